The molecule has 0 saturated heterocycles. The molecule has 0 atom stereocenters. The first kappa shape index (κ1) is 23.9. The molecule has 2 aromatic carbocycles. The van der Waals surface area contributed by atoms with Crippen LogP contribution in [-0.2, 0) is 25.7 Å². The SMILES string of the molecule is COn1c(NCc2ccc(C(F)(F)F)cc2)nc2c(c1=O)CN(C(=O)c1cc3ccccc3s1)CC2. The first-order valence-corrected chi connectivity index (χ1v) is 11.9. The molecule has 1 N–H and O–H groups in total. The highest BCUT2D eigenvalue weighted by Gasteiger charge is 2.30. The van der Waals surface area contributed by atoms with Gasteiger partial charge in [-0.2, -0.15) is 13.2 Å². The minimum Gasteiger partial charge on any atom is -0.411 e. The van der Waals surface area contributed by atoms with Crippen LogP contribution in [-0.4, -0.2) is 34.2 Å². The predicted octanol–water partition coefficient (Wildman–Crippen LogP) is 4.35. The molecule has 1 amide bonds. The molecule has 11 heteroatoms. The smallest absolute Gasteiger partial charge is 0.411 e. The topological polar surface area (TPSA) is 76.5 Å². The summed E-state index contributed by atoms with van der Waals surface area (Å²) in [6.07, 6.45) is -4.02. The number of fused-ring (bicyclic) bond motifs is 2. The van der Waals surface area contributed by atoms with E-state index >= 15 is 0 Å². The number of nitrogens with one attached hydrogen (secondary N) is 1. The van der Waals surface area contributed by atoms with E-state index in [-0.39, 0.29) is 24.9 Å². The number of carbonyl (C=O) groups is 1. The molecule has 4 aromatic rings. The molecule has 3 heterocycles. The summed E-state index contributed by atoms with van der Waals surface area (Å²) in [4.78, 5) is 38.3. The molecule has 36 heavy (non-hydrogen) atoms. The van der Waals surface area contributed by atoms with E-state index in [9.17, 15) is 22.8 Å². The van der Waals surface area contributed by atoms with Crippen molar-refractivity contribution in [2.24, 2.45) is 0 Å². The van der Waals surface area contributed by atoms with E-state index in [1.54, 1.807) is 4.90 Å². The Labute approximate surface area is 207 Å². The molecule has 1 aliphatic rings. The molecule has 186 valence electrons. The highest BCUT2D eigenvalue weighted by Crippen LogP contribution is 2.30. The number of anilines is 1. The van der Waals surface area contributed by atoms with E-state index in [2.05, 4.69) is 10.3 Å². The Morgan fingerprint density at radius 2 is 1.92 bits per heavy atom. The third kappa shape index (κ3) is 4.53. The van der Waals surface area contributed by atoms with Crippen LogP contribution in [0.4, 0.5) is 19.1 Å². The molecular formula is C25H21F3N4O3S. The monoisotopic (exact) mass is 514 g/mol. The number of hydrogen-bond donors (Lipinski definition) is 1. The van der Waals surface area contributed by atoms with E-state index < -0.39 is 17.3 Å². The van der Waals surface area contributed by atoms with Crippen LogP contribution in [0.1, 0.15) is 32.1 Å². The van der Waals surface area contributed by atoms with Gasteiger partial charge in [-0.1, -0.05) is 30.3 Å². The maximum atomic E-state index is 13.2. The van der Waals surface area contributed by atoms with Crippen molar-refractivity contribution in [1.82, 2.24) is 14.6 Å². The highest BCUT2D eigenvalue weighted by atomic mass is 32.1. The van der Waals surface area contributed by atoms with Gasteiger partial charge in [-0.25, -0.2) is 4.98 Å². The number of carbonyl (C=O) groups excluding carboxylic acids is 1. The summed E-state index contributed by atoms with van der Waals surface area (Å²) in [5.41, 5.74) is 0.340. The molecule has 0 spiro atoms. The number of thiophene rings is 1. The van der Waals surface area contributed by atoms with E-state index in [0.29, 0.717) is 34.7 Å². The molecule has 7 nitrogen and oxygen atoms in total. The van der Waals surface area contributed by atoms with Gasteiger partial charge < -0.3 is 15.1 Å². The number of aromatic nitrogens is 2. The van der Waals surface area contributed by atoms with Crippen LogP contribution in [0.3, 0.4) is 0 Å². The van der Waals surface area contributed by atoms with Gasteiger partial charge in [0.25, 0.3) is 11.5 Å². The largest absolute Gasteiger partial charge is 0.416 e. The second-order valence-electron chi connectivity index (χ2n) is 8.32. The number of rotatable bonds is 5. The fourth-order valence-electron chi connectivity index (χ4n) is 4.15. The summed E-state index contributed by atoms with van der Waals surface area (Å²) in [6, 6.07) is 14.3. The highest BCUT2D eigenvalue weighted by molar-refractivity contribution is 7.20. The zero-order valence-electron chi connectivity index (χ0n) is 19.1. The van der Waals surface area contributed by atoms with E-state index in [0.717, 1.165) is 26.9 Å². The number of nitrogens with zero attached hydrogens (tertiary/aromatic N) is 3. The fraction of sp³-hybridized carbons (Fsp3) is 0.240. The van der Waals surface area contributed by atoms with Gasteiger partial charge in [-0.05, 0) is 35.2 Å². The Bertz CT molecular complexity index is 1460. The average Bonchev–Trinajstić information content (AvgIpc) is 3.31. The Morgan fingerprint density at radius 3 is 2.61 bits per heavy atom. The van der Waals surface area contributed by atoms with Crippen molar-refractivity contribution in [1.29, 1.82) is 0 Å². The van der Waals surface area contributed by atoms with Crippen LogP contribution in [0.25, 0.3) is 10.1 Å². The second-order valence-corrected chi connectivity index (χ2v) is 9.40. The van der Waals surface area contributed by atoms with Crippen LogP contribution in [0.2, 0.25) is 0 Å². The van der Waals surface area contributed by atoms with Crippen LogP contribution < -0.4 is 15.7 Å². The zero-order chi connectivity index (χ0) is 25.4. The predicted molar refractivity (Wildman–Crippen MR) is 130 cm³/mol. The lowest BCUT2D eigenvalue weighted by molar-refractivity contribution is -0.137. The molecule has 0 fully saturated rings. The molecule has 5 rings (SSSR count). The molecule has 0 aliphatic carbocycles. The molecule has 0 radical (unpaired) electrons. The van der Waals surface area contributed by atoms with Gasteiger partial charge in [-0.3, -0.25) is 9.59 Å². The Morgan fingerprint density at radius 1 is 1.17 bits per heavy atom. The van der Waals surface area contributed by atoms with Crippen molar-refractivity contribution in [3.8, 4) is 0 Å². The summed E-state index contributed by atoms with van der Waals surface area (Å²) >= 11 is 1.41. The second kappa shape index (κ2) is 9.30. The number of halogens is 3. The maximum Gasteiger partial charge on any atom is 0.416 e. The number of hydrogen-bond acceptors (Lipinski definition) is 6. The van der Waals surface area contributed by atoms with Crippen LogP contribution in [0.15, 0.2) is 59.4 Å². The summed E-state index contributed by atoms with van der Waals surface area (Å²) in [7, 11) is 1.32. The summed E-state index contributed by atoms with van der Waals surface area (Å²) in [5.74, 6) is 0.000142. The van der Waals surface area contributed by atoms with Gasteiger partial charge in [0.05, 0.1) is 28.2 Å². The lowest BCUT2D eigenvalue weighted by atomic mass is 10.1. The van der Waals surface area contributed by atoms with Crippen molar-refractivity contribution < 1.29 is 22.8 Å². The van der Waals surface area contributed by atoms with Crippen molar-refractivity contribution >= 4 is 33.3 Å². The average molecular weight is 515 g/mol. The van der Waals surface area contributed by atoms with Gasteiger partial charge in [0.1, 0.15) is 7.11 Å². The third-order valence-corrected chi connectivity index (χ3v) is 7.13. The molecular weight excluding hydrogens is 493 g/mol. The van der Waals surface area contributed by atoms with Crippen molar-refractivity contribution in [2.45, 2.75) is 25.7 Å². The fourth-order valence-corrected chi connectivity index (χ4v) is 5.18. The summed E-state index contributed by atoms with van der Waals surface area (Å²) < 4.78 is 40.4. The zero-order valence-corrected chi connectivity index (χ0v) is 19.9. The van der Waals surface area contributed by atoms with Crippen molar-refractivity contribution in [3.63, 3.8) is 0 Å². The quantitative estimate of drug-likeness (QED) is 0.429. The van der Waals surface area contributed by atoms with Gasteiger partial charge >= 0.3 is 6.18 Å². The number of alkyl halides is 3. The van der Waals surface area contributed by atoms with E-state index in [1.165, 1.54) is 30.6 Å². The summed E-state index contributed by atoms with van der Waals surface area (Å²) in [6.45, 7) is 0.655. The van der Waals surface area contributed by atoms with Crippen molar-refractivity contribution in [2.75, 3.05) is 19.0 Å². The Balaban J connectivity index is 1.35. The lowest BCUT2D eigenvalue weighted by Gasteiger charge is -2.28. The maximum absolute atomic E-state index is 13.2. The van der Waals surface area contributed by atoms with Crippen molar-refractivity contribution in [3.05, 3.63) is 92.2 Å². The Kier molecular flexibility index (Phi) is 6.17. The minimum atomic E-state index is -4.41. The number of benzene rings is 2. The Hall–Kier alpha value is -3.86. The molecule has 0 unspecified atom stereocenters. The van der Waals surface area contributed by atoms with Gasteiger partial charge in [0.15, 0.2) is 0 Å². The van der Waals surface area contributed by atoms with Gasteiger partial charge in [-0.15, -0.1) is 16.1 Å². The lowest BCUT2D eigenvalue weighted by Crippen LogP contribution is -2.42. The third-order valence-electron chi connectivity index (χ3n) is 6.03. The molecule has 1 aliphatic heterocycles. The van der Waals surface area contributed by atoms with Gasteiger partial charge in [0.2, 0.25) is 5.95 Å². The van der Waals surface area contributed by atoms with Crippen LogP contribution >= 0.6 is 11.3 Å². The van der Waals surface area contributed by atoms with Crippen LogP contribution in [0.5, 0.6) is 0 Å². The number of amides is 1. The summed E-state index contributed by atoms with van der Waals surface area (Å²) in [5, 5.41) is 3.97. The first-order valence-electron chi connectivity index (χ1n) is 11.1. The van der Waals surface area contributed by atoms with E-state index in [1.807, 2.05) is 30.3 Å². The molecule has 0 saturated carbocycles. The van der Waals surface area contributed by atoms with E-state index in [4.69, 9.17) is 4.84 Å². The first-order chi connectivity index (χ1) is 17.2. The standard InChI is InChI=1S/C25H21F3N4O3S/c1-35-32-22(33)18-14-31(23(34)21-12-16-4-2-3-5-20(16)36-21)11-10-19(18)30-24(32)29-13-15-6-8-17(9-7-15)25(26,27)28/h2-9,12H,10-11,13-14H2,1H3,(H,29,30). The molecule has 2 aromatic heterocycles. The van der Waals surface area contributed by atoms with Gasteiger partial charge in [0, 0.05) is 24.2 Å². The minimum absolute atomic E-state index is 0.108. The van der Waals surface area contributed by atoms with Crippen LogP contribution in [0, 0.1) is 0 Å². The molecule has 0 bridgehead atoms. The normalized spacial score (nSPS) is 13.5.